The van der Waals surface area contributed by atoms with Gasteiger partial charge < -0.3 is 9.47 Å². The molecule has 1 aromatic carbocycles. The van der Waals surface area contributed by atoms with E-state index in [9.17, 15) is 4.79 Å². The van der Waals surface area contributed by atoms with Gasteiger partial charge in [-0.05, 0) is 44.0 Å². The van der Waals surface area contributed by atoms with Gasteiger partial charge in [0.25, 0.3) is 0 Å². The maximum absolute atomic E-state index is 11.6. The molecule has 0 bridgehead atoms. The van der Waals surface area contributed by atoms with Crippen LogP contribution in [0.4, 0.5) is 0 Å². The molecular weight excluding hydrogens is 284 g/mol. The second-order valence-corrected chi connectivity index (χ2v) is 4.53. The summed E-state index contributed by atoms with van der Waals surface area (Å²) in [6, 6.07) is 5.63. The molecule has 0 aliphatic heterocycles. The van der Waals surface area contributed by atoms with Crippen LogP contribution in [0.15, 0.2) is 22.7 Å². The lowest BCUT2D eigenvalue weighted by molar-refractivity contribution is -0.151. The van der Waals surface area contributed by atoms with Crippen molar-refractivity contribution in [3.8, 4) is 5.75 Å². The van der Waals surface area contributed by atoms with Gasteiger partial charge in [-0.2, -0.15) is 0 Å². The zero-order valence-corrected chi connectivity index (χ0v) is 11.9. The molecule has 17 heavy (non-hydrogen) atoms. The molecule has 1 aromatic rings. The third-order valence-electron chi connectivity index (χ3n) is 2.33. The van der Waals surface area contributed by atoms with Crippen molar-refractivity contribution in [3.05, 3.63) is 28.2 Å². The molecule has 0 spiro atoms. The number of rotatable bonds is 5. The molecule has 0 aromatic heterocycles. The number of aryl methyl sites for hydroxylation is 1. The Bertz CT molecular complexity index is 390. The molecule has 1 rings (SSSR count). The fraction of sp³-hybridized carbons (Fsp3) is 0.462. The van der Waals surface area contributed by atoms with E-state index in [0.29, 0.717) is 18.8 Å². The zero-order valence-electron chi connectivity index (χ0n) is 10.3. The highest BCUT2D eigenvalue weighted by Crippen LogP contribution is 2.23. The number of carbonyl (C=O) groups is 1. The molecule has 0 fully saturated rings. The monoisotopic (exact) mass is 300 g/mol. The summed E-state index contributed by atoms with van der Waals surface area (Å²) in [6.45, 7) is 6.03. The molecule has 1 atom stereocenters. The van der Waals surface area contributed by atoms with Crippen LogP contribution in [0.25, 0.3) is 0 Å². The summed E-state index contributed by atoms with van der Waals surface area (Å²) in [5.41, 5.74) is 1.07. The molecule has 1 unspecified atom stereocenters. The van der Waals surface area contributed by atoms with Crippen LogP contribution in [-0.2, 0) is 9.53 Å². The first-order chi connectivity index (χ1) is 8.08. The van der Waals surface area contributed by atoms with Gasteiger partial charge in [-0.25, -0.2) is 4.79 Å². The fourth-order valence-electron chi connectivity index (χ4n) is 1.39. The second-order valence-electron chi connectivity index (χ2n) is 3.68. The van der Waals surface area contributed by atoms with Crippen molar-refractivity contribution in [1.82, 2.24) is 0 Å². The van der Waals surface area contributed by atoms with Crippen molar-refractivity contribution < 1.29 is 14.3 Å². The van der Waals surface area contributed by atoms with Crippen LogP contribution in [0.5, 0.6) is 5.75 Å². The number of benzene rings is 1. The van der Waals surface area contributed by atoms with Crippen molar-refractivity contribution in [2.45, 2.75) is 33.3 Å². The van der Waals surface area contributed by atoms with Crippen molar-refractivity contribution in [1.29, 1.82) is 0 Å². The molecule has 0 heterocycles. The van der Waals surface area contributed by atoms with Crippen molar-refractivity contribution >= 4 is 21.9 Å². The molecule has 0 aliphatic carbocycles. The SMILES string of the molecule is CCOC(=O)C(CC)Oc1ccc(Br)c(C)c1. The van der Waals surface area contributed by atoms with Crippen molar-refractivity contribution in [3.63, 3.8) is 0 Å². The van der Waals surface area contributed by atoms with E-state index in [4.69, 9.17) is 9.47 Å². The van der Waals surface area contributed by atoms with Gasteiger partial charge in [-0.3, -0.25) is 0 Å². The third kappa shape index (κ3) is 4.04. The number of halogens is 1. The molecule has 0 saturated carbocycles. The molecule has 0 radical (unpaired) electrons. The Hall–Kier alpha value is -1.03. The average molecular weight is 301 g/mol. The Labute approximate surface area is 110 Å². The number of hydrogen-bond donors (Lipinski definition) is 0. The molecule has 0 amide bonds. The number of carbonyl (C=O) groups excluding carboxylic acids is 1. The predicted octanol–water partition coefficient (Wildman–Crippen LogP) is 3.48. The van der Waals surface area contributed by atoms with E-state index in [1.807, 2.05) is 32.0 Å². The highest BCUT2D eigenvalue weighted by Gasteiger charge is 2.19. The normalized spacial score (nSPS) is 12.0. The second kappa shape index (κ2) is 6.64. The fourth-order valence-corrected chi connectivity index (χ4v) is 1.63. The molecule has 94 valence electrons. The highest BCUT2D eigenvalue weighted by molar-refractivity contribution is 9.10. The summed E-state index contributed by atoms with van der Waals surface area (Å²) in [5.74, 6) is 0.376. The van der Waals surface area contributed by atoms with Crippen LogP contribution in [0.1, 0.15) is 25.8 Å². The third-order valence-corrected chi connectivity index (χ3v) is 3.22. The van der Waals surface area contributed by atoms with Gasteiger partial charge in [0.1, 0.15) is 5.75 Å². The lowest BCUT2D eigenvalue weighted by Crippen LogP contribution is -2.28. The summed E-state index contributed by atoms with van der Waals surface area (Å²) in [6.07, 6.45) is 0.0593. The van der Waals surface area contributed by atoms with E-state index in [1.165, 1.54) is 0 Å². The average Bonchev–Trinajstić information content (AvgIpc) is 2.30. The Balaban J connectivity index is 2.73. The summed E-state index contributed by atoms with van der Waals surface area (Å²) in [5, 5.41) is 0. The number of ether oxygens (including phenoxy) is 2. The van der Waals surface area contributed by atoms with Crippen LogP contribution >= 0.6 is 15.9 Å². The van der Waals surface area contributed by atoms with Gasteiger partial charge in [0.05, 0.1) is 6.61 Å². The number of hydrogen-bond acceptors (Lipinski definition) is 3. The van der Waals surface area contributed by atoms with E-state index in [0.717, 1.165) is 10.0 Å². The van der Waals surface area contributed by atoms with Gasteiger partial charge in [0.15, 0.2) is 6.10 Å². The van der Waals surface area contributed by atoms with Crippen LogP contribution in [0.2, 0.25) is 0 Å². The quantitative estimate of drug-likeness (QED) is 0.781. The smallest absolute Gasteiger partial charge is 0.347 e. The van der Waals surface area contributed by atoms with Gasteiger partial charge in [-0.1, -0.05) is 22.9 Å². The first kappa shape index (κ1) is 14.0. The van der Waals surface area contributed by atoms with Gasteiger partial charge >= 0.3 is 5.97 Å². The van der Waals surface area contributed by atoms with Crippen LogP contribution in [0.3, 0.4) is 0 Å². The summed E-state index contributed by atoms with van der Waals surface area (Å²) in [7, 11) is 0. The maximum Gasteiger partial charge on any atom is 0.347 e. The van der Waals surface area contributed by atoms with Crippen LogP contribution in [-0.4, -0.2) is 18.7 Å². The summed E-state index contributed by atoms with van der Waals surface area (Å²) in [4.78, 5) is 11.6. The predicted molar refractivity (Wildman–Crippen MR) is 70.2 cm³/mol. The molecular formula is C13H17BrO3. The van der Waals surface area contributed by atoms with Crippen molar-refractivity contribution in [2.24, 2.45) is 0 Å². The van der Waals surface area contributed by atoms with Gasteiger partial charge in [0.2, 0.25) is 0 Å². The number of esters is 1. The molecule has 0 aliphatic rings. The Morgan fingerprint density at radius 1 is 1.41 bits per heavy atom. The maximum atomic E-state index is 11.6. The minimum absolute atomic E-state index is 0.310. The minimum Gasteiger partial charge on any atom is -0.479 e. The molecule has 0 N–H and O–H groups in total. The lowest BCUT2D eigenvalue weighted by Gasteiger charge is -2.16. The van der Waals surface area contributed by atoms with E-state index in [2.05, 4.69) is 15.9 Å². The van der Waals surface area contributed by atoms with E-state index in [1.54, 1.807) is 6.92 Å². The first-order valence-electron chi connectivity index (χ1n) is 5.67. The topological polar surface area (TPSA) is 35.5 Å². The summed E-state index contributed by atoms with van der Waals surface area (Å²) < 4.78 is 11.6. The first-order valence-corrected chi connectivity index (χ1v) is 6.47. The van der Waals surface area contributed by atoms with Gasteiger partial charge in [0, 0.05) is 4.47 Å². The Morgan fingerprint density at radius 3 is 2.65 bits per heavy atom. The van der Waals surface area contributed by atoms with Crippen LogP contribution in [0, 0.1) is 6.92 Å². The standard InChI is InChI=1S/C13H17BrO3/c1-4-12(13(15)16-5-2)17-10-6-7-11(14)9(3)8-10/h6-8,12H,4-5H2,1-3H3. The molecule has 0 saturated heterocycles. The summed E-state index contributed by atoms with van der Waals surface area (Å²) >= 11 is 3.42. The van der Waals surface area contributed by atoms with E-state index >= 15 is 0 Å². The zero-order chi connectivity index (χ0) is 12.8. The highest BCUT2D eigenvalue weighted by atomic mass is 79.9. The largest absolute Gasteiger partial charge is 0.479 e. The van der Waals surface area contributed by atoms with E-state index < -0.39 is 6.10 Å². The minimum atomic E-state index is -0.532. The molecule has 4 heteroatoms. The lowest BCUT2D eigenvalue weighted by atomic mass is 10.2. The van der Waals surface area contributed by atoms with E-state index in [-0.39, 0.29) is 5.97 Å². The van der Waals surface area contributed by atoms with Gasteiger partial charge in [-0.15, -0.1) is 0 Å². The Morgan fingerprint density at radius 2 is 2.12 bits per heavy atom. The molecule has 3 nitrogen and oxygen atoms in total. The van der Waals surface area contributed by atoms with Crippen molar-refractivity contribution in [2.75, 3.05) is 6.61 Å². The Kier molecular flexibility index (Phi) is 5.48. The van der Waals surface area contributed by atoms with Crippen LogP contribution < -0.4 is 4.74 Å².